The van der Waals surface area contributed by atoms with Crippen molar-refractivity contribution in [1.82, 2.24) is 25.0 Å². The maximum Gasteiger partial charge on any atom is 0.0538 e. The summed E-state index contributed by atoms with van der Waals surface area (Å²) in [6.45, 7) is 0. The van der Waals surface area contributed by atoms with Gasteiger partial charge in [-0.2, -0.15) is 10.2 Å². The molecule has 16 heavy (non-hydrogen) atoms. The predicted octanol–water partition coefficient (Wildman–Crippen LogP) is -0.0993. The van der Waals surface area contributed by atoms with Crippen LogP contribution in [0.4, 0.5) is 0 Å². The Morgan fingerprint density at radius 3 is 2.44 bits per heavy atom. The van der Waals surface area contributed by atoms with Crippen LogP contribution in [0, 0.1) is 0 Å². The average Bonchev–Trinajstić information content (AvgIpc) is 2.84. The molecule has 3 N–H and O–H groups in total. The Hall–Kier alpha value is -1.66. The normalized spacial score (nSPS) is 12.9. The lowest BCUT2D eigenvalue weighted by molar-refractivity contribution is 0.551. The molecule has 1 unspecified atom stereocenters. The second kappa shape index (κ2) is 4.46. The Kier molecular flexibility index (Phi) is 3.02. The Bertz CT molecular complexity index is 457. The van der Waals surface area contributed by atoms with E-state index in [4.69, 9.17) is 5.84 Å². The second-order valence-corrected chi connectivity index (χ2v) is 3.89. The van der Waals surface area contributed by atoms with Crippen molar-refractivity contribution < 1.29 is 0 Å². The van der Waals surface area contributed by atoms with Crippen molar-refractivity contribution in [2.45, 2.75) is 12.5 Å². The van der Waals surface area contributed by atoms with E-state index in [2.05, 4.69) is 15.6 Å². The van der Waals surface area contributed by atoms with Crippen LogP contribution in [0.25, 0.3) is 0 Å². The molecule has 2 rings (SSSR count). The first kappa shape index (κ1) is 10.8. The van der Waals surface area contributed by atoms with E-state index in [1.165, 1.54) is 0 Å². The fraction of sp³-hybridized carbons (Fsp3) is 0.400. The molecule has 0 fully saturated rings. The molecular formula is C10H16N6. The smallest absolute Gasteiger partial charge is 0.0538 e. The van der Waals surface area contributed by atoms with Crippen molar-refractivity contribution in [3.8, 4) is 0 Å². The van der Waals surface area contributed by atoms with Gasteiger partial charge in [0, 0.05) is 32.1 Å². The van der Waals surface area contributed by atoms with E-state index < -0.39 is 0 Å². The number of hydrogen-bond acceptors (Lipinski definition) is 4. The van der Waals surface area contributed by atoms with E-state index in [-0.39, 0.29) is 6.04 Å². The van der Waals surface area contributed by atoms with Crippen LogP contribution in [0.3, 0.4) is 0 Å². The topological polar surface area (TPSA) is 73.7 Å². The average molecular weight is 220 g/mol. The fourth-order valence-corrected chi connectivity index (χ4v) is 1.71. The van der Waals surface area contributed by atoms with Gasteiger partial charge in [-0.05, 0) is 12.0 Å². The van der Waals surface area contributed by atoms with Gasteiger partial charge in [-0.1, -0.05) is 0 Å². The Morgan fingerprint density at radius 1 is 1.25 bits per heavy atom. The van der Waals surface area contributed by atoms with Crippen LogP contribution in [0.15, 0.2) is 24.8 Å². The number of hydrogen-bond donors (Lipinski definition) is 2. The summed E-state index contributed by atoms with van der Waals surface area (Å²) >= 11 is 0. The zero-order valence-corrected chi connectivity index (χ0v) is 9.46. The molecule has 0 saturated heterocycles. The van der Waals surface area contributed by atoms with Crippen molar-refractivity contribution in [2.24, 2.45) is 19.9 Å². The molecular weight excluding hydrogens is 204 g/mol. The van der Waals surface area contributed by atoms with Crippen LogP contribution in [-0.2, 0) is 20.5 Å². The van der Waals surface area contributed by atoms with E-state index in [1.54, 1.807) is 9.36 Å². The molecule has 6 nitrogen and oxygen atoms in total. The molecule has 86 valence electrons. The number of nitrogens with two attached hydrogens (primary N) is 1. The maximum atomic E-state index is 5.55. The lowest BCUT2D eigenvalue weighted by Gasteiger charge is -2.12. The Morgan fingerprint density at radius 2 is 1.94 bits per heavy atom. The van der Waals surface area contributed by atoms with Crippen LogP contribution in [0.2, 0.25) is 0 Å². The zero-order valence-electron chi connectivity index (χ0n) is 9.46. The standard InChI is InChI=1S/C10H16N6/c1-15-6-8(4-12-15)3-10(14-11)9-5-13-16(2)7-9/h4-7,10,14H,3,11H2,1-2H3. The van der Waals surface area contributed by atoms with E-state index in [0.29, 0.717) is 0 Å². The summed E-state index contributed by atoms with van der Waals surface area (Å²) in [7, 11) is 3.79. The minimum Gasteiger partial charge on any atom is -0.276 e. The Balaban J connectivity index is 2.12. The number of nitrogens with one attached hydrogen (secondary N) is 1. The molecule has 1 atom stereocenters. The molecule has 0 aliphatic carbocycles. The molecule has 0 aromatic carbocycles. The minimum absolute atomic E-state index is 0.0675. The summed E-state index contributed by atoms with van der Waals surface area (Å²) < 4.78 is 3.55. The van der Waals surface area contributed by atoms with Gasteiger partial charge >= 0.3 is 0 Å². The lowest BCUT2D eigenvalue weighted by Crippen LogP contribution is -2.29. The van der Waals surface area contributed by atoms with Crippen LogP contribution < -0.4 is 11.3 Å². The van der Waals surface area contributed by atoms with Gasteiger partial charge in [-0.15, -0.1) is 0 Å². The lowest BCUT2D eigenvalue weighted by atomic mass is 10.1. The maximum absolute atomic E-state index is 5.55. The van der Waals surface area contributed by atoms with Gasteiger partial charge in [-0.25, -0.2) is 0 Å². The minimum atomic E-state index is 0.0675. The molecule has 2 heterocycles. The van der Waals surface area contributed by atoms with Crippen molar-refractivity contribution >= 4 is 0 Å². The summed E-state index contributed by atoms with van der Waals surface area (Å²) in [6, 6.07) is 0.0675. The summed E-state index contributed by atoms with van der Waals surface area (Å²) in [5.41, 5.74) is 5.02. The van der Waals surface area contributed by atoms with Gasteiger partial charge in [0.15, 0.2) is 0 Å². The van der Waals surface area contributed by atoms with Crippen molar-refractivity contribution in [3.63, 3.8) is 0 Å². The highest BCUT2D eigenvalue weighted by Gasteiger charge is 2.13. The number of rotatable bonds is 4. The van der Waals surface area contributed by atoms with Crippen molar-refractivity contribution in [2.75, 3.05) is 0 Å². The second-order valence-electron chi connectivity index (χ2n) is 3.89. The van der Waals surface area contributed by atoms with Gasteiger partial charge in [0.2, 0.25) is 0 Å². The Labute approximate surface area is 94.0 Å². The van der Waals surface area contributed by atoms with Gasteiger partial charge in [0.25, 0.3) is 0 Å². The van der Waals surface area contributed by atoms with Gasteiger partial charge in [0.05, 0.1) is 18.4 Å². The zero-order chi connectivity index (χ0) is 11.5. The van der Waals surface area contributed by atoms with Crippen molar-refractivity contribution in [1.29, 1.82) is 0 Å². The van der Waals surface area contributed by atoms with E-state index in [1.807, 2.05) is 38.9 Å². The summed E-state index contributed by atoms with van der Waals surface area (Å²) in [4.78, 5) is 0. The first-order valence-electron chi connectivity index (χ1n) is 5.11. The third-order valence-corrected chi connectivity index (χ3v) is 2.53. The molecule has 0 spiro atoms. The van der Waals surface area contributed by atoms with E-state index in [9.17, 15) is 0 Å². The molecule has 6 heteroatoms. The molecule has 2 aromatic rings. The number of aryl methyl sites for hydroxylation is 2. The quantitative estimate of drug-likeness (QED) is 0.557. The SMILES string of the molecule is Cn1cc(CC(NN)c2cnn(C)c2)cn1. The molecule has 0 aliphatic heterocycles. The fourth-order valence-electron chi connectivity index (χ4n) is 1.71. The molecule has 0 saturated carbocycles. The highest BCUT2D eigenvalue weighted by molar-refractivity contribution is 5.15. The molecule has 0 bridgehead atoms. The third kappa shape index (κ3) is 2.29. The van der Waals surface area contributed by atoms with Crippen LogP contribution in [-0.4, -0.2) is 19.6 Å². The van der Waals surface area contributed by atoms with Crippen LogP contribution >= 0.6 is 0 Å². The summed E-state index contributed by atoms with van der Waals surface area (Å²) in [5.74, 6) is 5.55. The summed E-state index contributed by atoms with van der Waals surface area (Å²) in [6.07, 6.45) is 8.42. The first-order valence-corrected chi connectivity index (χ1v) is 5.11. The van der Waals surface area contributed by atoms with Gasteiger partial charge < -0.3 is 0 Å². The predicted molar refractivity (Wildman–Crippen MR) is 60.2 cm³/mol. The van der Waals surface area contributed by atoms with E-state index in [0.717, 1.165) is 17.5 Å². The molecule has 0 aliphatic rings. The molecule has 0 radical (unpaired) electrons. The summed E-state index contributed by atoms with van der Waals surface area (Å²) in [5, 5.41) is 8.26. The van der Waals surface area contributed by atoms with Crippen LogP contribution in [0.5, 0.6) is 0 Å². The van der Waals surface area contributed by atoms with Gasteiger partial charge in [-0.3, -0.25) is 20.6 Å². The largest absolute Gasteiger partial charge is 0.276 e. The van der Waals surface area contributed by atoms with Crippen LogP contribution in [0.1, 0.15) is 17.2 Å². The van der Waals surface area contributed by atoms with Crippen molar-refractivity contribution in [3.05, 3.63) is 35.9 Å². The third-order valence-electron chi connectivity index (χ3n) is 2.53. The molecule has 2 aromatic heterocycles. The number of hydrazine groups is 1. The number of aromatic nitrogens is 4. The van der Waals surface area contributed by atoms with E-state index >= 15 is 0 Å². The molecule has 0 amide bonds. The highest BCUT2D eigenvalue weighted by atomic mass is 15.3. The number of nitrogens with zero attached hydrogens (tertiary/aromatic N) is 4. The van der Waals surface area contributed by atoms with Gasteiger partial charge in [0.1, 0.15) is 0 Å². The monoisotopic (exact) mass is 220 g/mol. The highest BCUT2D eigenvalue weighted by Crippen LogP contribution is 2.16. The first-order chi connectivity index (χ1) is 7.69.